The van der Waals surface area contributed by atoms with Crippen molar-refractivity contribution in [3.05, 3.63) is 140 Å². The molecule has 0 saturated carbocycles. The van der Waals surface area contributed by atoms with Crippen LogP contribution in [0.15, 0.2) is 140 Å². The van der Waals surface area contributed by atoms with Crippen LogP contribution in [-0.4, -0.2) is 0 Å². The van der Waals surface area contributed by atoms with Gasteiger partial charge in [-0.15, -0.1) is 0 Å². The molecule has 0 atom stereocenters. The van der Waals surface area contributed by atoms with Gasteiger partial charge in [-0.25, -0.2) is 0 Å². The predicted molar refractivity (Wildman–Crippen MR) is 132 cm³/mol. The molecule has 1 heteroatoms. The molecule has 0 N–H and O–H groups in total. The average molecular weight is 398 g/mol. The maximum atomic E-state index is 2.31. The summed E-state index contributed by atoms with van der Waals surface area (Å²) >= 11 is 0. The number of benzene rings is 5. The number of anilines is 3. The van der Waals surface area contributed by atoms with Gasteiger partial charge in [-0.05, 0) is 58.7 Å². The Morgan fingerprint density at radius 3 is 1.32 bits per heavy atom. The monoisotopic (exact) mass is 397 g/mol. The van der Waals surface area contributed by atoms with Crippen molar-refractivity contribution >= 4 is 17.1 Å². The molecule has 148 valence electrons. The predicted octanol–water partition coefficient (Wildman–Crippen LogP) is 8.49. The van der Waals surface area contributed by atoms with Gasteiger partial charge in [0.15, 0.2) is 0 Å². The van der Waals surface area contributed by atoms with E-state index in [1.807, 2.05) is 0 Å². The maximum absolute atomic E-state index is 2.31. The number of hydrogen-bond donors (Lipinski definition) is 0. The molecule has 0 bridgehead atoms. The van der Waals surface area contributed by atoms with Crippen LogP contribution in [0.1, 0.15) is 0 Å². The van der Waals surface area contributed by atoms with Crippen LogP contribution in [0, 0.1) is 0 Å². The molecule has 0 spiro atoms. The molecule has 0 aliphatic rings. The summed E-state index contributed by atoms with van der Waals surface area (Å²) in [4.78, 5) is 2.31. The van der Waals surface area contributed by atoms with Crippen molar-refractivity contribution in [2.24, 2.45) is 0 Å². The van der Waals surface area contributed by atoms with E-state index in [0.717, 1.165) is 17.1 Å². The summed E-state index contributed by atoms with van der Waals surface area (Å²) in [6.45, 7) is 0. The Hall–Kier alpha value is -4.10. The lowest BCUT2D eigenvalue weighted by Crippen LogP contribution is -2.09. The van der Waals surface area contributed by atoms with E-state index in [4.69, 9.17) is 0 Å². The van der Waals surface area contributed by atoms with Gasteiger partial charge < -0.3 is 4.90 Å². The standard InChI is InChI=1S/C30H23N/c1-4-11-24(12-5-1)26-19-21-29(22-20-26)31(28-16-8-3-9-17-28)30-18-10-15-27(23-30)25-13-6-2-7-14-25/h1-23H. The summed E-state index contributed by atoms with van der Waals surface area (Å²) in [7, 11) is 0. The zero-order valence-electron chi connectivity index (χ0n) is 17.2. The minimum Gasteiger partial charge on any atom is -0.310 e. The van der Waals surface area contributed by atoms with Gasteiger partial charge in [-0.1, -0.05) is 103 Å². The molecule has 0 aliphatic heterocycles. The van der Waals surface area contributed by atoms with Gasteiger partial charge in [0.2, 0.25) is 0 Å². The minimum absolute atomic E-state index is 1.14. The number of hydrogen-bond acceptors (Lipinski definition) is 1. The van der Waals surface area contributed by atoms with Gasteiger partial charge in [0.1, 0.15) is 0 Å². The fraction of sp³-hybridized carbons (Fsp3) is 0. The van der Waals surface area contributed by atoms with Crippen LogP contribution in [-0.2, 0) is 0 Å². The molecule has 0 saturated heterocycles. The summed E-state index contributed by atoms with van der Waals surface area (Å²) in [5.41, 5.74) is 8.29. The van der Waals surface area contributed by atoms with Gasteiger partial charge in [0.05, 0.1) is 0 Å². The molecule has 0 aromatic heterocycles. The van der Waals surface area contributed by atoms with Crippen LogP contribution >= 0.6 is 0 Å². The highest BCUT2D eigenvalue weighted by atomic mass is 15.1. The van der Waals surface area contributed by atoms with E-state index in [9.17, 15) is 0 Å². The topological polar surface area (TPSA) is 3.24 Å². The molecule has 0 aliphatic carbocycles. The zero-order valence-corrected chi connectivity index (χ0v) is 17.2. The summed E-state index contributed by atoms with van der Waals surface area (Å²) < 4.78 is 0. The van der Waals surface area contributed by atoms with Crippen LogP contribution in [0.3, 0.4) is 0 Å². The smallest absolute Gasteiger partial charge is 0.0467 e. The van der Waals surface area contributed by atoms with Crippen molar-refractivity contribution in [1.29, 1.82) is 0 Å². The van der Waals surface area contributed by atoms with Crippen molar-refractivity contribution in [1.82, 2.24) is 0 Å². The second-order valence-corrected chi connectivity index (χ2v) is 7.50. The molecule has 0 unspecified atom stereocenters. The first kappa shape index (κ1) is 18.9. The quantitative estimate of drug-likeness (QED) is 0.287. The summed E-state index contributed by atoms with van der Waals surface area (Å²) in [6.07, 6.45) is 0. The highest BCUT2D eigenvalue weighted by molar-refractivity contribution is 5.81. The molecule has 0 fully saturated rings. The summed E-state index contributed by atoms with van der Waals surface area (Å²) in [5, 5.41) is 0. The van der Waals surface area contributed by atoms with Gasteiger partial charge in [0, 0.05) is 17.1 Å². The molecule has 0 heterocycles. The number of para-hydroxylation sites is 1. The minimum atomic E-state index is 1.14. The highest BCUT2D eigenvalue weighted by Crippen LogP contribution is 2.37. The van der Waals surface area contributed by atoms with Gasteiger partial charge >= 0.3 is 0 Å². The van der Waals surface area contributed by atoms with E-state index in [-0.39, 0.29) is 0 Å². The van der Waals surface area contributed by atoms with Crippen LogP contribution < -0.4 is 4.90 Å². The third-order valence-corrected chi connectivity index (χ3v) is 5.46. The maximum Gasteiger partial charge on any atom is 0.0467 e. The van der Waals surface area contributed by atoms with Crippen LogP contribution in [0.5, 0.6) is 0 Å². The molecule has 5 rings (SSSR count). The SMILES string of the molecule is c1ccc(-c2ccc(N(c3ccccc3)c3cccc(-c4ccccc4)c3)cc2)cc1. The lowest BCUT2D eigenvalue weighted by atomic mass is 10.0. The molecular formula is C30H23N. The number of rotatable bonds is 5. The largest absolute Gasteiger partial charge is 0.310 e. The van der Waals surface area contributed by atoms with Crippen LogP contribution in [0.4, 0.5) is 17.1 Å². The van der Waals surface area contributed by atoms with E-state index in [1.54, 1.807) is 0 Å². The first-order valence-corrected chi connectivity index (χ1v) is 10.5. The lowest BCUT2D eigenvalue weighted by Gasteiger charge is -2.26. The van der Waals surface area contributed by atoms with Gasteiger partial charge in [0.25, 0.3) is 0 Å². The second kappa shape index (κ2) is 8.73. The third-order valence-electron chi connectivity index (χ3n) is 5.46. The van der Waals surface area contributed by atoms with Crippen LogP contribution in [0.25, 0.3) is 22.3 Å². The second-order valence-electron chi connectivity index (χ2n) is 7.50. The Kier molecular flexibility index (Phi) is 5.32. The Balaban J connectivity index is 1.58. The number of nitrogens with zero attached hydrogens (tertiary/aromatic N) is 1. The molecule has 0 radical (unpaired) electrons. The molecule has 1 nitrogen and oxygen atoms in total. The van der Waals surface area contributed by atoms with Crippen LogP contribution in [0.2, 0.25) is 0 Å². The Morgan fingerprint density at radius 2 is 0.710 bits per heavy atom. The molecule has 5 aromatic rings. The Labute approximate surface area is 183 Å². The first-order chi connectivity index (χ1) is 15.4. The van der Waals surface area contributed by atoms with Crippen molar-refractivity contribution < 1.29 is 0 Å². The molecule has 0 amide bonds. The molecular weight excluding hydrogens is 374 g/mol. The third kappa shape index (κ3) is 4.12. The molecule has 31 heavy (non-hydrogen) atoms. The highest BCUT2D eigenvalue weighted by Gasteiger charge is 2.13. The zero-order chi connectivity index (χ0) is 20.9. The van der Waals surface area contributed by atoms with Crippen molar-refractivity contribution in [3.8, 4) is 22.3 Å². The first-order valence-electron chi connectivity index (χ1n) is 10.5. The Bertz CT molecular complexity index is 1240. The fourth-order valence-corrected chi connectivity index (χ4v) is 3.91. The average Bonchev–Trinajstić information content (AvgIpc) is 2.87. The summed E-state index contributed by atoms with van der Waals surface area (Å²) in [5.74, 6) is 0. The Morgan fingerprint density at radius 1 is 0.290 bits per heavy atom. The van der Waals surface area contributed by atoms with Crippen molar-refractivity contribution in [2.75, 3.05) is 4.90 Å². The van der Waals surface area contributed by atoms with E-state index < -0.39 is 0 Å². The van der Waals surface area contributed by atoms with E-state index >= 15 is 0 Å². The van der Waals surface area contributed by atoms with Gasteiger partial charge in [-0.2, -0.15) is 0 Å². The van der Waals surface area contributed by atoms with Gasteiger partial charge in [-0.3, -0.25) is 0 Å². The summed E-state index contributed by atoms with van der Waals surface area (Å²) in [6, 6.07) is 49.1. The lowest BCUT2D eigenvalue weighted by molar-refractivity contribution is 1.28. The van der Waals surface area contributed by atoms with E-state index in [2.05, 4.69) is 144 Å². The normalized spacial score (nSPS) is 10.6. The van der Waals surface area contributed by atoms with E-state index in [1.165, 1.54) is 22.3 Å². The molecule has 5 aromatic carbocycles. The van der Waals surface area contributed by atoms with Crippen molar-refractivity contribution in [2.45, 2.75) is 0 Å². The van der Waals surface area contributed by atoms with E-state index in [0.29, 0.717) is 0 Å². The van der Waals surface area contributed by atoms with Crippen molar-refractivity contribution in [3.63, 3.8) is 0 Å². The fourth-order valence-electron chi connectivity index (χ4n) is 3.91.